The zero-order valence-corrected chi connectivity index (χ0v) is 17.4. The molecule has 0 radical (unpaired) electrons. The zero-order valence-electron chi connectivity index (χ0n) is 17.4. The van der Waals surface area contributed by atoms with Gasteiger partial charge in [0.05, 0.1) is 12.0 Å². The van der Waals surface area contributed by atoms with Gasteiger partial charge >= 0.3 is 0 Å². The van der Waals surface area contributed by atoms with Gasteiger partial charge in [0, 0.05) is 18.3 Å². The molecule has 158 valence electrons. The van der Waals surface area contributed by atoms with Crippen LogP contribution < -0.4 is 14.8 Å². The van der Waals surface area contributed by atoms with Crippen LogP contribution in [0.1, 0.15) is 38.2 Å². The molecule has 2 amide bonds. The molecule has 1 saturated carbocycles. The summed E-state index contributed by atoms with van der Waals surface area (Å²) in [6.45, 7) is 3.45. The van der Waals surface area contributed by atoms with Crippen molar-refractivity contribution in [2.24, 2.45) is 0 Å². The Kier molecular flexibility index (Phi) is 5.93. The van der Waals surface area contributed by atoms with Gasteiger partial charge in [-0.15, -0.1) is 0 Å². The van der Waals surface area contributed by atoms with E-state index in [1.165, 1.54) is 0 Å². The summed E-state index contributed by atoms with van der Waals surface area (Å²) in [7, 11) is 0. The molecule has 0 saturated heterocycles. The first-order valence-corrected chi connectivity index (χ1v) is 10.7. The molecule has 0 aromatic heterocycles. The quantitative estimate of drug-likeness (QED) is 0.790. The van der Waals surface area contributed by atoms with E-state index in [1.54, 1.807) is 23.1 Å². The fourth-order valence-electron chi connectivity index (χ4n) is 4.49. The van der Waals surface area contributed by atoms with E-state index in [4.69, 9.17) is 9.47 Å². The highest BCUT2D eigenvalue weighted by Gasteiger charge is 2.44. The third kappa shape index (κ3) is 3.99. The monoisotopic (exact) mass is 408 g/mol. The number of carbonyl (C=O) groups excluding carboxylic acids is 2. The normalized spacial score (nSPS) is 16.7. The van der Waals surface area contributed by atoms with Crippen LogP contribution in [-0.4, -0.2) is 43.0 Å². The van der Waals surface area contributed by atoms with E-state index in [2.05, 4.69) is 5.32 Å². The van der Waals surface area contributed by atoms with Crippen molar-refractivity contribution < 1.29 is 19.1 Å². The zero-order chi connectivity index (χ0) is 21.0. The minimum absolute atomic E-state index is 0.0261. The van der Waals surface area contributed by atoms with Crippen LogP contribution >= 0.6 is 0 Å². The van der Waals surface area contributed by atoms with Crippen molar-refractivity contribution in [3.63, 3.8) is 0 Å². The van der Waals surface area contributed by atoms with Gasteiger partial charge in [0.25, 0.3) is 0 Å². The first kappa shape index (κ1) is 20.3. The van der Waals surface area contributed by atoms with Crippen LogP contribution in [0.4, 0.5) is 5.69 Å². The molecule has 30 heavy (non-hydrogen) atoms. The van der Waals surface area contributed by atoms with Crippen LogP contribution in [0.3, 0.4) is 0 Å². The number of amides is 2. The van der Waals surface area contributed by atoms with Gasteiger partial charge < -0.3 is 19.7 Å². The van der Waals surface area contributed by atoms with Gasteiger partial charge in [-0.3, -0.25) is 9.59 Å². The average Bonchev–Trinajstić information content (AvgIpc) is 3.29. The average molecular weight is 408 g/mol. The molecule has 4 rings (SSSR count). The minimum atomic E-state index is -0.519. The molecular weight excluding hydrogens is 380 g/mol. The number of fused-ring (bicyclic) bond motifs is 1. The van der Waals surface area contributed by atoms with Crippen molar-refractivity contribution in [2.75, 3.05) is 31.6 Å². The Hall–Kier alpha value is -3.02. The summed E-state index contributed by atoms with van der Waals surface area (Å²) in [5, 5.41) is 2.89. The molecule has 0 spiro atoms. The van der Waals surface area contributed by atoms with E-state index in [9.17, 15) is 9.59 Å². The maximum Gasteiger partial charge on any atom is 0.243 e. The van der Waals surface area contributed by atoms with Crippen molar-refractivity contribution in [1.29, 1.82) is 0 Å². The van der Waals surface area contributed by atoms with Crippen molar-refractivity contribution >= 4 is 17.5 Å². The smallest absolute Gasteiger partial charge is 0.243 e. The molecule has 2 aromatic carbocycles. The van der Waals surface area contributed by atoms with E-state index >= 15 is 0 Å². The Bertz CT molecular complexity index is 907. The molecule has 6 heteroatoms. The lowest BCUT2D eigenvalue weighted by molar-refractivity contribution is -0.139. The summed E-state index contributed by atoms with van der Waals surface area (Å²) >= 11 is 0. The van der Waals surface area contributed by atoms with Crippen molar-refractivity contribution in [3.05, 3.63) is 54.1 Å². The summed E-state index contributed by atoms with van der Waals surface area (Å²) in [6, 6.07) is 15.3. The van der Waals surface area contributed by atoms with Crippen LogP contribution in [0.15, 0.2) is 48.5 Å². The lowest BCUT2D eigenvalue weighted by Crippen LogP contribution is -2.48. The van der Waals surface area contributed by atoms with Gasteiger partial charge in [-0.25, -0.2) is 0 Å². The first-order chi connectivity index (χ1) is 14.6. The summed E-state index contributed by atoms with van der Waals surface area (Å²) in [4.78, 5) is 28.0. The van der Waals surface area contributed by atoms with Gasteiger partial charge in [-0.05, 0) is 37.5 Å². The molecule has 0 bridgehead atoms. The number of benzene rings is 2. The fraction of sp³-hybridized carbons (Fsp3) is 0.417. The fourth-order valence-corrected chi connectivity index (χ4v) is 4.49. The van der Waals surface area contributed by atoms with Crippen LogP contribution in [0.2, 0.25) is 0 Å². The second-order valence-corrected chi connectivity index (χ2v) is 7.88. The predicted molar refractivity (Wildman–Crippen MR) is 115 cm³/mol. The number of rotatable bonds is 6. The molecule has 6 nitrogen and oxygen atoms in total. The third-order valence-electron chi connectivity index (χ3n) is 6.02. The highest BCUT2D eigenvalue weighted by Crippen LogP contribution is 2.42. The summed E-state index contributed by atoms with van der Waals surface area (Å²) in [5.74, 6) is 1.13. The van der Waals surface area contributed by atoms with Gasteiger partial charge in [-0.1, -0.05) is 43.2 Å². The lowest BCUT2D eigenvalue weighted by Gasteiger charge is -2.34. The Balaban J connectivity index is 1.47. The van der Waals surface area contributed by atoms with Crippen molar-refractivity contribution in [1.82, 2.24) is 4.90 Å². The lowest BCUT2D eigenvalue weighted by atomic mass is 9.77. The molecule has 0 unspecified atom stereocenters. The maximum atomic E-state index is 13.6. The topological polar surface area (TPSA) is 67.9 Å². The number of hydrogen-bond donors (Lipinski definition) is 1. The van der Waals surface area contributed by atoms with E-state index in [-0.39, 0.29) is 18.4 Å². The van der Waals surface area contributed by atoms with Crippen LogP contribution in [0.25, 0.3) is 0 Å². The van der Waals surface area contributed by atoms with E-state index < -0.39 is 5.41 Å². The Labute approximate surface area is 177 Å². The number of likely N-dealkylation sites (N-methyl/N-ethyl adjacent to an activating group) is 1. The molecule has 2 aliphatic rings. The molecule has 1 aliphatic heterocycles. The van der Waals surface area contributed by atoms with Gasteiger partial charge in [0.15, 0.2) is 11.5 Å². The number of anilines is 1. The second kappa shape index (κ2) is 8.78. The SMILES string of the molecule is CCN(CC(=O)Nc1ccc2c(c1)OCCO2)C(=O)C1(c2ccccc2)CCCC1. The highest BCUT2D eigenvalue weighted by molar-refractivity contribution is 5.97. The Morgan fingerprint density at radius 1 is 1.00 bits per heavy atom. The standard InChI is InChI=1S/C24H28N2O4/c1-2-26(23(28)24(12-6-7-13-24)18-8-4-3-5-9-18)17-22(27)25-19-10-11-20-21(16-19)30-15-14-29-20/h3-5,8-11,16H,2,6-7,12-15,17H2,1H3,(H,25,27). The number of ether oxygens (including phenoxy) is 2. The number of nitrogens with one attached hydrogen (secondary N) is 1. The number of carbonyl (C=O) groups is 2. The molecular formula is C24H28N2O4. The molecule has 1 N–H and O–H groups in total. The first-order valence-electron chi connectivity index (χ1n) is 10.7. The third-order valence-corrected chi connectivity index (χ3v) is 6.02. The number of nitrogens with zero attached hydrogens (tertiary/aromatic N) is 1. The molecule has 1 fully saturated rings. The summed E-state index contributed by atoms with van der Waals surface area (Å²) in [5.41, 5.74) is 1.17. The minimum Gasteiger partial charge on any atom is -0.486 e. The molecule has 2 aromatic rings. The number of hydrogen-bond acceptors (Lipinski definition) is 4. The van der Waals surface area contributed by atoms with Crippen LogP contribution in [0.5, 0.6) is 11.5 Å². The maximum absolute atomic E-state index is 13.6. The van der Waals surface area contributed by atoms with Gasteiger partial charge in [0.2, 0.25) is 11.8 Å². The molecule has 0 atom stereocenters. The van der Waals surface area contributed by atoms with Gasteiger partial charge in [0.1, 0.15) is 13.2 Å². The van der Waals surface area contributed by atoms with Crippen LogP contribution in [0, 0.1) is 0 Å². The molecule has 1 aliphatic carbocycles. The highest BCUT2D eigenvalue weighted by atomic mass is 16.6. The Morgan fingerprint density at radius 2 is 1.70 bits per heavy atom. The summed E-state index contributed by atoms with van der Waals surface area (Å²) in [6.07, 6.45) is 3.72. The van der Waals surface area contributed by atoms with Crippen LogP contribution in [-0.2, 0) is 15.0 Å². The summed E-state index contributed by atoms with van der Waals surface area (Å²) < 4.78 is 11.1. The molecule has 1 heterocycles. The van der Waals surface area contributed by atoms with E-state index in [1.807, 2.05) is 37.3 Å². The Morgan fingerprint density at radius 3 is 2.40 bits per heavy atom. The predicted octanol–water partition coefficient (Wildman–Crippen LogP) is 3.76. The largest absolute Gasteiger partial charge is 0.486 e. The van der Waals surface area contributed by atoms with E-state index in [0.717, 1.165) is 31.2 Å². The van der Waals surface area contributed by atoms with Gasteiger partial charge in [-0.2, -0.15) is 0 Å². The van der Waals surface area contributed by atoms with Crippen molar-refractivity contribution in [2.45, 2.75) is 38.0 Å². The van der Waals surface area contributed by atoms with E-state index in [0.29, 0.717) is 36.9 Å². The second-order valence-electron chi connectivity index (χ2n) is 7.88. The van der Waals surface area contributed by atoms with Crippen molar-refractivity contribution in [3.8, 4) is 11.5 Å².